The Morgan fingerprint density at radius 1 is 1.13 bits per heavy atom. The predicted molar refractivity (Wildman–Crippen MR) is 117 cm³/mol. The van der Waals surface area contributed by atoms with Crippen molar-refractivity contribution in [2.45, 2.75) is 24.8 Å². The fourth-order valence-electron chi connectivity index (χ4n) is 3.69. The van der Waals surface area contributed by atoms with Crippen LogP contribution in [0.25, 0.3) is 0 Å². The number of benzene rings is 1. The number of morpholine rings is 1. The molecule has 0 radical (unpaired) electrons. The molecule has 2 aromatic rings. The molecule has 162 valence electrons. The zero-order valence-electron chi connectivity index (χ0n) is 17.2. The van der Waals surface area contributed by atoms with Crippen molar-refractivity contribution in [1.82, 2.24) is 14.3 Å². The van der Waals surface area contributed by atoms with Crippen molar-refractivity contribution in [2.24, 2.45) is 0 Å². The van der Waals surface area contributed by atoms with Crippen molar-refractivity contribution in [2.75, 3.05) is 56.2 Å². The van der Waals surface area contributed by atoms with E-state index in [0.717, 1.165) is 36.7 Å². The van der Waals surface area contributed by atoms with Crippen LogP contribution in [-0.2, 0) is 27.7 Å². The molecule has 1 saturated heterocycles. The molecule has 0 aliphatic carbocycles. The van der Waals surface area contributed by atoms with E-state index in [-0.39, 0.29) is 11.4 Å². The summed E-state index contributed by atoms with van der Waals surface area (Å²) in [5, 5.41) is 0.508. The van der Waals surface area contributed by atoms with Crippen molar-refractivity contribution in [3.8, 4) is 0 Å². The summed E-state index contributed by atoms with van der Waals surface area (Å²) in [5.74, 6) is 1.49. The van der Waals surface area contributed by atoms with E-state index < -0.39 is 10.0 Å². The molecule has 0 N–H and O–H groups in total. The summed E-state index contributed by atoms with van der Waals surface area (Å²) in [6.45, 7) is 6.27. The van der Waals surface area contributed by atoms with Gasteiger partial charge in [-0.3, -0.25) is 0 Å². The second kappa shape index (κ2) is 8.66. The maximum Gasteiger partial charge on any atom is 0.243 e. The van der Waals surface area contributed by atoms with E-state index in [4.69, 9.17) is 26.3 Å². The van der Waals surface area contributed by atoms with Crippen LogP contribution in [0.1, 0.15) is 18.2 Å². The molecule has 0 amide bonds. The fourth-order valence-corrected chi connectivity index (χ4v) is 5.23. The average Bonchev–Trinajstić information content (AvgIpc) is 2.78. The van der Waals surface area contributed by atoms with Crippen LogP contribution in [0, 0.1) is 0 Å². The lowest BCUT2D eigenvalue weighted by atomic mass is 10.1. The molecule has 3 heterocycles. The van der Waals surface area contributed by atoms with E-state index in [2.05, 4.69) is 4.90 Å². The van der Waals surface area contributed by atoms with E-state index >= 15 is 0 Å². The highest BCUT2D eigenvalue weighted by Crippen LogP contribution is 2.31. The predicted octanol–water partition coefficient (Wildman–Crippen LogP) is 2.17. The highest BCUT2D eigenvalue weighted by molar-refractivity contribution is 7.89. The molecule has 0 spiro atoms. The summed E-state index contributed by atoms with van der Waals surface area (Å²) in [4.78, 5) is 14.1. The summed E-state index contributed by atoms with van der Waals surface area (Å²) in [6, 6.07) is 6.29. The van der Waals surface area contributed by atoms with Gasteiger partial charge in [0.25, 0.3) is 0 Å². The first kappa shape index (κ1) is 21.3. The Bertz CT molecular complexity index is 1010. The van der Waals surface area contributed by atoms with Gasteiger partial charge >= 0.3 is 0 Å². The number of ether oxygens (including phenoxy) is 1. The number of sulfonamides is 1. The molecule has 0 saturated carbocycles. The van der Waals surface area contributed by atoms with Gasteiger partial charge in [-0.15, -0.1) is 0 Å². The molecule has 2 aliphatic heterocycles. The van der Waals surface area contributed by atoms with Crippen molar-refractivity contribution < 1.29 is 13.2 Å². The van der Waals surface area contributed by atoms with Gasteiger partial charge < -0.3 is 14.5 Å². The zero-order chi connectivity index (χ0) is 21.3. The van der Waals surface area contributed by atoms with E-state index in [1.165, 1.54) is 4.31 Å². The van der Waals surface area contributed by atoms with Gasteiger partial charge in [0.15, 0.2) is 0 Å². The third kappa shape index (κ3) is 4.12. The van der Waals surface area contributed by atoms with Gasteiger partial charge in [-0.25, -0.2) is 13.4 Å². The van der Waals surface area contributed by atoms with Crippen LogP contribution in [0.2, 0.25) is 5.02 Å². The number of hydrogen-bond donors (Lipinski definition) is 0. The van der Waals surface area contributed by atoms with Gasteiger partial charge in [0.2, 0.25) is 16.0 Å². The van der Waals surface area contributed by atoms with Gasteiger partial charge in [-0.05, 0) is 31.2 Å². The number of aromatic nitrogens is 2. The molecule has 0 unspecified atom stereocenters. The number of halogens is 1. The highest BCUT2D eigenvalue weighted by atomic mass is 35.5. The summed E-state index contributed by atoms with van der Waals surface area (Å²) in [7, 11) is -1.66. The van der Waals surface area contributed by atoms with E-state index in [1.807, 2.05) is 18.9 Å². The molecule has 1 aromatic carbocycles. The molecule has 1 aromatic heterocycles. The third-order valence-electron chi connectivity index (χ3n) is 5.57. The number of fused-ring (bicyclic) bond motifs is 1. The normalized spacial score (nSPS) is 17.6. The van der Waals surface area contributed by atoms with Crippen LogP contribution in [0.4, 0.5) is 11.8 Å². The van der Waals surface area contributed by atoms with Crippen LogP contribution in [0.15, 0.2) is 29.2 Å². The maximum atomic E-state index is 13.2. The first-order valence-electron chi connectivity index (χ1n) is 10.1. The van der Waals surface area contributed by atoms with Crippen molar-refractivity contribution in [3.63, 3.8) is 0 Å². The van der Waals surface area contributed by atoms with Gasteiger partial charge in [0.05, 0.1) is 23.8 Å². The van der Waals surface area contributed by atoms with Crippen LogP contribution in [-0.4, -0.2) is 69.1 Å². The van der Waals surface area contributed by atoms with E-state index in [9.17, 15) is 8.42 Å². The largest absolute Gasteiger partial charge is 0.378 e. The Hall–Kier alpha value is -1.94. The van der Waals surface area contributed by atoms with Gasteiger partial charge in [0.1, 0.15) is 5.82 Å². The van der Waals surface area contributed by atoms with Gasteiger partial charge in [-0.1, -0.05) is 11.6 Å². The standard InChI is InChI=1S/C20H26ClN5O3S/c1-3-24(2)19-17-14-26(30(27,28)16-6-4-15(21)5-7-16)9-8-18(17)22-20(23-19)25-10-12-29-13-11-25/h4-7H,3,8-14H2,1-2H3. The maximum absolute atomic E-state index is 13.2. The number of nitrogens with zero attached hydrogens (tertiary/aromatic N) is 5. The minimum Gasteiger partial charge on any atom is -0.378 e. The Kier molecular flexibility index (Phi) is 6.15. The Morgan fingerprint density at radius 2 is 1.83 bits per heavy atom. The van der Waals surface area contributed by atoms with Crippen molar-refractivity contribution in [3.05, 3.63) is 40.5 Å². The third-order valence-corrected chi connectivity index (χ3v) is 7.68. The molecular weight excluding hydrogens is 426 g/mol. The zero-order valence-corrected chi connectivity index (χ0v) is 18.8. The monoisotopic (exact) mass is 451 g/mol. The summed E-state index contributed by atoms with van der Waals surface area (Å²) < 4.78 is 33.3. The topological polar surface area (TPSA) is 78.9 Å². The molecule has 1 fully saturated rings. The Morgan fingerprint density at radius 3 is 2.50 bits per heavy atom. The van der Waals surface area contributed by atoms with Crippen molar-refractivity contribution in [1.29, 1.82) is 0 Å². The molecular formula is C20H26ClN5O3S. The molecule has 30 heavy (non-hydrogen) atoms. The van der Waals surface area contributed by atoms with E-state index in [1.54, 1.807) is 24.3 Å². The molecule has 8 nitrogen and oxygen atoms in total. The lowest BCUT2D eigenvalue weighted by Gasteiger charge is -2.33. The minimum absolute atomic E-state index is 0.242. The molecule has 2 aliphatic rings. The summed E-state index contributed by atoms with van der Waals surface area (Å²) >= 11 is 5.92. The fraction of sp³-hybridized carbons (Fsp3) is 0.500. The first-order chi connectivity index (χ1) is 14.4. The Balaban J connectivity index is 1.69. The summed E-state index contributed by atoms with van der Waals surface area (Å²) in [6.07, 6.45) is 0.548. The van der Waals surface area contributed by atoms with Crippen LogP contribution < -0.4 is 9.80 Å². The number of rotatable bonds is 5. The molecule has 10 heteroatoms. The summed E-state index contributed by atoms with van der Waals surface area (Å²) in [5.41, 5.74) is 1.80. The minimum atomic E-state index is -3.63. The lowest BCUT2D eigenvalue weighted by molar-refractivity contribution is 0.122. The first-order valence-corrected chi connectivity index (χ1v) is 11.9. The number of hydrogen-bond acceptors (Lipinski definition) is 7. The molecule has 0 bridgehead atoms. The second-order valence-corrected chi connectivity index (χ2v) is 9.80. The average molecular weight is 452 g/mol. The highest BCUT2D eigenvalue weighted by Gasteiger charge is 2.32. The number of anilines is 2. The second-order valence-electron chi connectivity index (χ2n) is 7.43. The Labute approximate surface area is 182 Å². The SMILES string of the molecule is CCN(C)c1nc(N2CCOCC2)nc2c1CN(S(=O)(=O)c1ccc(Cl)cc1)CC2. The van der Waals surface area contributed by atoms with E-state index in [0.29, 0.717) is 37.2 Å². The van der Waals surface area contributed by atoms with Gasteiger partial charge in [-0.2, -0.15) is 9.29 Å². The quantitative estimate of drug-likeness (QED) is 0.689. The lowest BCUT2D eigenvalue weighted by Crippen LogP contribution is -2.40. The smallest absolute Gasteiger partial charge is 0.243 e. The molecule has 0 atom stereocenters. The van der Waals surface area contributed by atoms with Crippen LogP contribution >= 0.6 is 11.6 Å². The van der Waals surface area contributed by atoms with Crippen LogP contribution in [0.5, 0.6) is 0 Å². The van der Waals surface area contributed by atoms with Crippen LogP contribution in [0.3, 0.4) is 0 Å². The van der Waals surface area contributed by atoms with Gasteiger partial charge in [0, 0.05) is 56.8 Å². The van der Waals surface area contributed by atoms with Crippen molar-refractivity contribution >= 4 is 33.4 Å². The molecule has 4 rings (SSSR count).